The Morgan fingerprint density at radius 1 is 1.14 bits per heavy atom. The summed E-state index contributed by atoms with van der Waals surface area (Å²) in [4.78, 5) is 12.5. The summed E-state index contributed by atoms with van der Waals surface area (Å²) in [6.07, 6.45) is 6.62. The largest absolute Gasteiger partial charge is 0.408 e. The van der Waals surface area contributed by atoms with Crippen LogP contribution in [-0.4, -0.2) is 41.9 Å². The fourth-order valence-electron chi connectivity index (χ4n) is 3.90. The molecule has 4 rings (SSSR count). The van der Waals surface area contributed by atoms with E-state index < -0.39 is 10.0 Å². The number of anilines is 1. The lowest BCUT2D eigenvalue weighted by molar-refractivity contribution is -0.121. The van der Waals surface area contributed by atoms with Gasteiger partial charge in [0.25, 0.3) is 10.0 Å². The molecule has 0 atom stereocenters. The van der Waals surface area contributed by atoms with Crippen molar-refractivity contribution in [2.75, 3.05) is 18.4 Å². The second-order valence-electron chi connectivity index (χ2n) is 7.38. The van der Waals surface area contributed by atoms with Gasteiger partial charge in [-0.25, -0.2) is 8.42 Å². The Hall–Kier alpha value is -1.78. The van der Waals surface area contributed by atoms with Gasteiger partial charge in [0.15, 0.2) is 0 Å². The van der Waals surface area contributed by atoms with Crippen molar-refractivity contribution in [1.82, 2.24) is 14.5 Å². The number of nitrogens with zero attached hydrogens (tertiary/aromatic N) is 3. The van der Waals surface area contributed by atoms with Crippen molar-refractivity contribution in [1.29, 1.82) is 0 Å². The van der Waals surface area contributed by atoms with Crippen LogP contribution in [0.5, 0.6) is 0 Å². The Bertz CT molecular complexity index is 896. The first-order valence-corrected chi connectivity index (χ1v) is 12.0. The van der Waals surface area contributed by atoms with E-state index in [0.29, 0.717) is 36.0 Å². The van der Waals surface area contributed by atoms with Gasteiger partial charge in [-0.2, -0.15) is 4.31 Å². The molecule has 0 radical (unpaired) electrons. The molecule has 1 saturated carbocycles. The smallest absolute Gasteiger partial charge is 0.322 e. The van der Waals surface area contributed by atoms with E-state index in [9.17, 15) is 13.2 Å². The minimum atomic E-state index is -3.46. The van der Waals surface area contributed by atoms with Crippen LogP contribution in [0.1, 0.15) is 56.8 Å². The number of hydrogen-bond donors (Lipinski definition) is 1. The highest BCUT2D eigenvalue weighted by atomic mass is 32.2. The molecule has 28 heavy (non-hydrogen) atoms. The zero-order valence-electron chi connectivity index (χ0n) is 15.5. The average Bonchev–Trinajstić information content (AvgIpc) is 3.41. The van der Waals surface area contributed by atoms with E-state index in [0.717, 1.165) is 12.8 Å². The standard InChI is InChI=1S/C18H24N4O4S2/c23-16(19-18-21-20-17(26-18)14-5-2-1-3-6-14)13-8-10-22(11-9-13)28(24,25)15-7-4-12-27-15/h4,7,12-14H,1-3,5-6,8-11H2,(H,19,21,23). The highest BCUT2D eigenvalue weighted by Gasteiger charge is 2.33. The minimum Gasteiger partial charge on any atom is -0.408 e. The number of hydrogen-bond acceptors (Lipinski definition) is 7. The summed E-state index contributed by atoms with van der Waals surface area (Å²) in [7, 11) is -3.46. The summed E-state index contributed by atoms with van der Waals surface area (Å²) in [6.45, 7) is 0.658. The molecule has 10 heteroatoms. The van der Waals surface area contributed by atoms with E-state index in [4.69, 9.17) is 4.42 Å². The molecular formula is C18H24N4O4S2. The maximum absolute atomic E-state index is 12.6. The van der Waals surface area contributed by atoms with Gasteiger partial charge in [-0.1, -0.05) is 30.4 Å². The van der Waals surface area contributed by atoms with E-state index in [2.05, 4.69) is 15.5 Å². The molecule has 1 N–H and O–H groups in total. The highest BCUT2D eigenvalue weighted by Crippen LogP contribution is 2.32. The van der Waals surface area contributed by atoms with Gasteiger partial charge >= 0.3 is 6.01 Å². The Kier molecular flexibility index (Phi) is 5.79. The number of rotatable bonds is 5. The first-order chi connectivity index (χ1) is 13.5. The van der Waals surface area contributed by atoms with Crippen molar-refractivity contribution >= 4 is 33.3 Å². The van der Waals surface area contributed by atoms with Crippen LogP contribution in [0.25, 0.3) is 0 Å². The molecule has 0 aromatic carbocycles. The van der Waals surface area contributed by atoms with Gasteiger partial charge in [-0.15, -0.1) is 16.4 Å². The third kappa shape index (κ3) is 4.13. The number of piperidine rings is 1. The second kappa shape index (κ2) is 8.30. The van der Waals surface area contributed by atoms with E-state index in [1.165, 1.54) is 34.9 Å². The lowest BCUT2D eigenvalue weighted by Crippen LogP contribution is -2.41. The van der Waals surface area contributed by atoms with Crippen LogP contribution >= 0.6 is 11.3 Å². The average molecular weight is 425 g/mol. The monoisotopic (exact) mass is 424 g/mol. The molecule has 3 heterocycles. The quantitative estimate of drug-likeness (QED) is 0.790. The van der Waals surface area contributed by atoms with Crippen LogP contribution < -0.4 is 5.32 Å². The molecule has 0 bridgehead atoms. The summed E-state index contributed by atoms with van der Waals surface area (Å²) >= 11 is 1.21. The molecule has 8 nitrogen and oxygen atoms in total. The molecule has 1 saturated heterocycles. The van der Waals surface area contributed by atoms with Crippen LogP contribution in [0.15, 0.2) is 26.1 Å². The van der Waals surface area contributed by atoms with Gasteiger partial charge in [0.1, 0.15) is 4.21 Å². The van der Waals surface area contributed by atoms with Crippen LogP contribution in [0, 0.1) is 5.92 Å². The summed E-state index contributed by atoms with van der Waals surface area (Å²) in [5.41, 5.74) is 0. The van der Waals surface area contributed by atoms with Crippen LogP contribution in [0.2, 0.25) is 0 Å². The number of nitrogens with one attached hydrogen (secondary N) is 1. The van der Waals surface area contributed by atoms with Gasteiger partial charge in [0, 0.05) is 24.9 Å². The van der Waals surface area contributed by atoms with Crippen molar-refractivity contribution < 1.29 is 17.6 Å². The van der Waals surface area contributed by atoms with Gasteiger partial charge in [-0.3, -0.25) is 10.1 Å². The number of sulfonamides is 1. The Balaban J connectivity index is 1.31. The predicted molar refractivity (Wildman–Crippen MR) is 105 cm³/mol. The highest BCUT2D eigenvalue weighted by molar-refractivity contribution is 7.91. The minimum absolute atomic E-state index is 0.138. The zero-order valence-corrected chi connectivity index (χ0v) is 17.2. The Morgan fingerprint density at radius 2 is 1.89 bits per heavy atom. The molecule has 0 spiro atoms. The molecule has 2 aliphatic rings. The maximum atomic E-state index is 12.6. The molecule has 2 aromatic rings. The van der Waals surface area contributed by atoms with Crippen LogP contribution in [0.4, 0.5) is 6.01 Å². The predicted octanol–water partition coefficient (Wildman–Crippen LogP) is 3.22. The lowest BCUT2D eigenvalue weighted by atomic mass is 9.89. The summed E-state index contributed by atoms with van der Waals surface area (Å²) in [6, 6.07) is 3.47. The SMILES string of the molecule is O=C(Nc1nnc(C2CCCCC2)o1)C1CCN(S(=O)(=O)c2cccs2)CC1. The van der Waals surface area contributed by atoms with Gasteiger partial charge in [0.2, 0.25) is 11.8 Å². The normalized spacial score (nSPS) is 20.3. The first kappa shape index (κ1) is 19.5. The fraction of sp³-hybridized carbons (Fsp3) is 0.611. The summed E-state index contributed by atoms with van der Waals surface area (Å²) in [5.74, 6) is 0.441. The molecular weight excluding hydrogens is 400 g/mol. The lowest BCUT2D eigenvalue weighted by Gasteiger charge is -2.29. The van der Waals surface area contributed by atoms with E-state index >= 15 is 0 Å². The topological polar surface area (TPSA) is 105 Å². The second-order valence-corrected chi connectivity index (χ2v) is 10.5. The molecule has 2 aromatic heterocycles. The number of amides is 1. The molecule has 1 aliphatic heterocycles. The van der Waals surface area contributed by atoms with E-state index in [-0.39, 0.29) is 23.8 Å². The molecule has 152 valence electrons. The Labute approximate surface area is 168 Å². The maximum Gasteiger partial charge on any atom is 0.322 e. The van der Waals surface area contributed by atoms with Gasteiger partial charge < -0.3 is 4.42 Å². The van der Waals surface area contributed by atoms with Gasteiger partial charge in [-0.05, 0) is 37.1 Å². The Morgan fingerprint density at radius 3 is 2.57 bits per heavy atom. The molecule has 1 amide bonds. The van der Waals surface area contributed by atoms with Crippen LogP contribution in [0.3, 0.4) is 0 Å². The zero-order chi connectivity index (χ0) is 19.6. The van der Waals surface area contributed by atoms with Crippen LogP contribution in [-0.2, 0) is 14.8 Å². The molecule has 1 aliphatic carbocycles. The van der Waals surface area contributed by atoms with Crippen molar-refractivity contribution in [3.05, 3.63) is 23.4 Å². The first-order valence-electron chi connectivity index (χ1n) is 9.72. The van der Waals surface area contributed by atoms with Crippen molar-refractivity contribution in [3.8, 4) is 0 Å². The molecule has 2 fully saturated rings. The van der Waals surface area contributed by atoms with E-state index in [1.54, 1.807) is 17.5 Å². The third-order valence-corrected chi connectivity index (χ3v) is 8.81. The van der Waals surface area contributed by atoms with Crippen molar-refractivity contribution in [2.45, 2.75) is 55.1 Å². The van der Waals surface area contributed by atoms with Gasteiger partial charge in [0.05, 0.1) is 0 Å². The fourth-order valence-corrected chi connectivity index (χ4v) is 6.52. The summed E-state index contributed by atoms with van der Waals surface area (Å²) in [5, 5.41) is 12.5. The molecule has 0 unspecified atom stereocenters. The number of aromatic nitrogens is 2. The van der Waals surface area contributed by atoms with Crippen molar-refractivity contribution in [2.24, 2.45) is 5.92 Å². The number of carbonyl (C=O) groups excluding carboxylic acids is 1. The van der Waals surface area contributed by atoms with Crippen molar-refractivity contribution in [3.63, 3.8) is 0 Å². The summed E-state index contributed by atoms with van der Waals surface area (Å²) < 4.78 is 32.6. The number of carbonyl (C=O) groups is 1. The number of thiophene rings is 1. The van der Waals surface area contributed by atoms with E-state index in [1.807, 2.05) is 0 Å². The third-order valence-electron chi connectivity index (χ3n) is 5.54.